The molecular weight excluding hydrogens is 372 g/mol. The van der Waals surface area contributed by atoms with Crippen LogP contribution in [0.25, 0.3) is 0 Å². The standard InChI is InChI=1S/C22H26N2O5/c1-23(13-17-7-4-10-20(26-2)22(17)27-3)21(25)16-24(14-18-8-5-11-28-18)15-19-9-6-12-29-19/h4-12H,13-16H2,1-3H3. The minimum atomic E-state index is -0.0204. The molecular formula is C22H26N2O5. The molecule has 7 heteroatoms. The van der Waals surface area contributed by atoms with Crippen LogP contribution in [0.3, 0.4) is 0 Å². The highest BCUT2D eigenvalue weighted by Gasteiger charge is 2.19. The van der Waals surface area contributed by atoms with Gasteiger partial charge >= 0.3 is 0 Å². The van der Waals surface area contributed by atoms with E-state index in [2.05, 4.69) is 0 Å². The van der Waals surface area contributed by atoms with E-state index in [-0.39, 0.29) is 12.5 Å². The minimum absolute atomic E-state index is 0.0204. The highest BCUT2D eigenvalue weighted by Crippen LogP contribution is 2.31. The largest absolute Gasteiger partial charge is 0.493 e. The predicted octanol–water partition coefficient (Wildman–Crippen LogP) is 3.55. The van der Waals surface area contributed by atoms with Gasteiger partial charge in [-0.25, -0.2) is 0 Å². The Labute approximate surface area is 170 Å². The summed E-state index contributed by atoms with van der Waals surface area (Å²) in [6.45, 7) is 1.66. The van der Waals surface area contributed by atoms with Crippen LogP contribution >= 0.6 is 0 Å². The number of para-hydroxylation sites is 1. The van der Waals surface area contributed by atoms with Gasteiger partial charge in [-0.3, -0.25) is 9.69 Å². The Morgan fingerprint density at radius 1 is 0.897 bits per heavy atom. The van der Waals surface area contributed by atoms with Gasteiger partial charge in [-0.05, 0) is 30.3 Å². The van der Waals surface area contributed by atoms with Crippen molar-refractivity contribution >= 4 is 5.91 Å². The van der Waals surface area contributed by atoms with Crippen molar-refractivity contribution in [3.8, 4) is 11.5 Å². The van der Waals surface area contributed by atoms with Gasteiger partial charge < -0.3 is 23.2 Å². The first-order chi connectivity index (χ1) is 14.1. The van der Waals surface area contributed by atoms with E-state index in [9.17, 15) is 4.79 Å². The van der Waals surface area contributed by atoms with E-state index in [4.69, 9.17) is 18.3 Å². The van der Waals surface area contributed by atoms with E-state index in [1.807, 2.05) is 47.4 Å². The molecule has 0 bridgehead atoms. The molecule has 2 heterocycles. The number of rotatable bonds is 10. The van der Waals surface area contributed by atoms with E-state index in [1.165, 1.54) is 0 Å². The second-order valence-corrected chi connectivity index (χ2v) is 6.71. The molecule has 0 saturated heterocycles. The zero-order valence-corrected chi connectivity index (χ0v) is 17.0. The number of carbonyl (C=O) groups excluding carboxylic acids is 1. The molecule has 0 saturated carbocycles. The van der Waals surface area contributed by atoms with Crippen molar-refractivity contribution < 1.29 is 23.1 Å². The van der Waals surface area contributed by atoms with Gasteiger partial charge in [0.05, 0.1) is 46.4 Å². The summed E-state index contributed by atoms with van der Waals surface area (Å²) < 4.78 is 21.7. The van der Waals surface area contributed by atoms with Crippen LogP contribution in [0.15, 0.2) is 63.8 Å². The lowest BCUT2D eigenvalue weighted by Gasteiger charge is -2.24. The highest BCUT2D eigenvalue weighted by molar-refractivity contribution is 5.78. The first-order valence-corrected chi connectivity index (χ1v) is 9.31. The number of nitrogens with zero attached hydrogens (tertiary/aromatic N) is 2. The molecule has 1 amide bonds. The molecule has 29 heavy (non-hydrogen) atoms. The lowest BCUT2D eigenvalue weighted by molar-refractivity contribution is -0.132. The van der Waals surface area contributed by atoms with Gasteiger partial charge in [0.1, 0.15) is 11.5 Å². The number of likely N-dealkylation sites (N-methyl/N-ethyl adjacent to an activating group) is 1. The summed E-state index contributed by atoms with van der Waals surface area (Å²) in [6.07, 6.45) is 3.26. The molecule has 0 aliphatic rings. The maximum absolute atomic E-state index is 12.9. The topological polar surface area (TPSA) is 68.3 Å². The summed E-state index contributed by atoms with van der Waals surface area (Å²) in [5.74, 6) is 2.84. The third-order valence-electron chi connectivity index (χ3n) is 4.60. The fourth-order valence-electron chi connectivity index (χ4n) is 3.15. The number of carbonyl (C=O) groups is 1. The number of methoxy groups -OCH3 is 2. The zero-order valence-electron chi connectivity index (χ0n) is 17.0. The number of hydrogen-bond donors (Lipinski definition) is 0. The maximum Gasteiger partial charge on any atom is 0.236 e. The van der Waals surface area contributed by atoms with E-state index >= 15 is 0 Å². The molecule has 3 aromatic rings. The number of furan rings is 2. The molecule has 1 aromatic carbocycles. The molecule has 0 unspecified atom stereocenters. The monoisotopic (exact) mass is 398 g/mol. The van der Waals surface area contributed by atoms with E-state index < -0.39 is 0 Å². The van der Waals surface area contributed by atoms with Crippen molar-refractivity contribution in [2.75, 3.05) is 27.8 Å². The molecule has 3 rings (SSSR count). The van der Waals surface area contributed by atoms with Gasteiger partial charge in [-0.1, -0.05) is 12.1 Å². The zero-order chi connectivity index (χ0) is 20.6. The quantitative estimate of drug-likeness (QED) is 0.520. The summed E-state index contributed by atoms with van der Waals surface area (Å²) in [5, 5.41) is 0. The van der Waals surface area contributed by atoms with Crippen molar-refractivity contribution in [1.82, 2.24) is 9.80 Å². The van der Waals surface area contributed by atoms with Crippen LogP contribution in [-0.4, -0.2) is 43.5 Å². The molecule has 7 nitrogen and oxygen atoms in total. The van der Waals surface area contributed by atoms with Crippen molar-refractivity contribution in [3.05, 3.63) is 72.1 Å². The smallest absolute Gasteiger partial charge is 0.236 e. The van der Waals surface area contributed by atoms with Crippen LogP contribution in [0.4, 0.5) is 0 Å². The number of hydrogen-bond acceptors (Lipinski definition) is 6. The van der Waals surface area contributed by atoms with E-state index in [0.717, 1.165) is 17.1 Å². The molecule has 0 radical (unpaired) electrons. The van der Waals surface area contributed by atoms with Crippen LogP contribution in [-0.2, 0) is 24.4 Å². The van der Waals surface area contributed by atoms with Gasteiger partial charge in [0, 0.05) is 19.2 Å². The van der Waals surface area contributed by atoms with Crippen molar-refractivity contribution in [3.63, 3.8) is 0 Å². The fourth-order valence-corrected chi connectivity index (χ4v) is 3.15. The third-order valence-corrected chi connectivity index (χ3v) is 4.60. The SMILES string of the molecule is COc1cccc(CN(C)C(=O)CN(Cc2ccco2)Cc2ccco2)c1OC. The van der Waals surface area contributed by atoms with Gasteiger partial charge in [0.25, 0.3) is 0 Å². The van der Waals surface area contributed by atoms with Crippen LogP contribution in [0.2, 0.25) is 0 Å². The highest BCUT2D eigenvalue weighted by atomic mass is 16.5. The Hall–Kier alpha value is -3.19. The Bertz CT molecular complexity index is 854. The molecule has 0 aliphatic heterocycles. The summed E-state index contributed by atoms with van der Waals surface area (Å²) in [5.41, 5.74) is 0.881. The van der Waals surface area contributed by atoms with Gasteiger partial charge in [0.2, 0.25) is 5.91 Å². The second-order valence-electron chi connectivity index (χ2n) is 6.71. The lowest BCUT2D eigenvalue weighted by Crippen LogP contribution is -2.37. The minimum Gasteiger partial charge on any atom is -0.493 e. The summed E-state index contributed by atoms with van der Waals surface area (Å²) in [6, 6.07) is 13.1. The van der Waals surface area contributed by atoms with Gasteiger partial charge in [-0.2, -0.15) is 0 Å². The number of ether oxygens (including phenoxy) is 2. The predicted molar refractivity (Wildman–Crippen MR) is 108 cm³/mol. The van der Waals surface area contributed by atoms with Crippen LogP contribution < -0.4 is 9.47 Å². The average molecular weight is 398 g/mol. The summed E-state index contributed by atoms with van der Waals surface area (Å²) in [4.78, 5) is 16.6. The first-order valence-electron chi connectivity index (χ1n) is 9.31. The number of benzene rings is 1. The normalized spacial score (nSPS) is 10.9. The van der Waals surface area contributed by atoms with Crippen molar-refractivity contribution in [1.29, 1.82) is 0 Å². The molecule has 0 spiro atoms. The average Bonchev–Trinajstić information content (AvgIpc) is 3.41. The molecule has 0 aliphatic carbocycles. The van der Waals surface area contributed by atoms with Crippen molar-refractivity contribution in [2.24, 2.45) is 0 Å². The van der Waals surface area contributed by atoms with Crippen LogP contribution in [0, 0.1) is 0 Å². The molecule has 154 valence electrons. The molecule has 0 atom stereocenters. The molecule has 0 fully saturated rings. The lowest BCUT2D eigenvalue weighted by atomic mass is 10.1. The Kier molecular flexibility index (Phi) is 6.97. The molecule has 2 aromatic heterocycles. The molecule has 0 N–H and O–H groups in total. The fraction of sp³-hybridized carbons (Fsp3) is 0.318. The first kappa shape index (κ1) is 20.5. The van der Waals surface area contributed by atoms with Crippen LogP contribution in [0.5, 0.6) is 11.5 Å². The van der Waals surface area contributed by atoms with Gasteiger partial charge in [0.15, 0.2) is 11.5 Å². The third kappa shape index (κ3) is 5.42. The van der Waals surface area contributed by atoms with Crippen molar-refractivity contribution in [2.45, 2.75) is 19.6 Å². The Morgan fingerprint density at radius 2 is 1.55 bits per heavy atom. The summed E-state index contributed by atoms with van der Waals surface area (Å²) in [7, 11) is 4.97. The van der Waals surface area contributed by atoms with Crippen LogP contribution in [0.1, 0.15) is 17.1 Å². The second kappa shape index (κ2) is 9.84. The number of amides is 1. The summed E-state index contributed by atoms with van der Waals surface area (Å²) >= 11 is 0. The van der Waals surface area contributed by atoms with E-state index in [0.29, 0.717) is 31.1 Å². The van der Waals surface area contributed by atoms with E-state index in [1.54, 1.807) is 38.7 Å². The van der Waals surface area contributed by atoms with Gasteiger partial charge in [-0.15, -0.1) is 0 Å². The Morgan fingerprint density at radius 3 is 2.07 bits per heavy atom. The maximum atomic E-state index is 12.9. The Balaban J connectivity index is 1.68.